The average molecular weight is 402 g/mol. The van der Waals surface area contributed by atoms with Crippen molar-refractivity contribution < 1.29 is 9.15 Å². The topological polar surface area (TPSA) is 85.7 Å². The van der Waals surface area contributed by atoms with Crippen molar-refractivity contribution in [3.8, 4) is 5.75 Å². The first-order chi connectivity index (χ1) is 9.58. The maximum absolute atomic E-state index is 5.81. The maximum atomic E-state index is 5.81. The SMILES string of the molecule is COc1ccc(NC(N)=NCc2nc(C)c(C)o2)cc1.I. The molecule has 1 aromatic carbocycles. The molecule has 1 aromatic heterocycles. The molecule has 0 saturated carbocycles. The van der Waals surface area contributed by atoms with Crippen molar-refractivity contribution in [2.24, 2.45) is 10.7 Å². The third kappa shape index (κ3) is 4.92. The number of benzene rings is 1. The Morgan fingerprint density at radius 1 is 1.33 bits per heavy atom. The van der Waals surface area contributed by atoms with Crippen LogP contribution in [0.15, 0.2) is 33.7 Å². The number of nitrogens with zero attached hydrogens (tertiary/aromatic N) is 2. The van der Waals surface area contributed by atoms with E-state index >= 15 is 0 Å². The van der Waals surface area contributed by atoms with Crippen LogP contribution in [0.4, 0.5) is 5.69 Å². The van der Waals surface area contributed by atoms with Crippen LogP contribution in [0.5, 0.6) is 5.75 Å². The molecule has 0 bridgehead atoms. The molecule has 114 valence electrons. The van der Waals surface area contributed by atoms with Crippen LogP contribution < -0.4 is 15.8 Å². The summed E-state index contributed by atoms with van der Waals surface area (Å²) >= 11 is 0. The first-order valence-corrected chi connectivity index (χ1v) is 6.22. The number of nitrogens with two attached hydrogens (primary N) is 1. The first-order valence-electron chi connectivity index (χ1n) is 6.22. The van der Waals surface area contributed by atoms with Crippen LogP contribution in [-0.4, -0.2) is 18.1 Å². The summed E-state index contributed by atoms with van der Waals surface area (Å²) in [5.41, 5.74) is 7.52. The van der Waals surface area contributed by atoms with Crippen LogP contribution in [-0.2, 0) is 6.54 Å². The summed E-state index contributed by atoms with van der Waals surface area (Å²) < 4.78 is 10.5. The maximum Gasteiger partial charge on any atom is 0.216 e. The van der Waals surface area contributed by atoms with Crippen LogP contribution in [0.3, 0.4) is 0 Å². The van der Waals surface area contributed by atoms with Gasteiger partial charge in [0.2, 0.25) is 5.89 Å². The minimum absolute atomic E-state index is 0. The predicted molar refractivity (Wildman–Crippen MR) is 93.3 cm³/mol. The molecule has 0 aliphatic rings. The van der Waals surface area contributed by atoms with Gasteiger partial charge in [0, 0.05) is 5.69 Å². The van der Waals surface area contributed by atoms with Gasteiger partial charge in [-0.3, -0.25) is 0 Å². The monoisotopic (exact) mass is 402 g/mol. The van der Waals surface area contributed by atoms with Crippen LogP contribution >= 0.6 is 24.0 Å². The highest BCUT2D eigenvalue weighted by atomic mass is 127. The van der Waals surface area contributed by atoms with Gasteiger partial charge in [-0.05, 0) is 38.1 Å². The lowest BCUT2D eigenvalue weighted by Crippen LogP contribution is -2.22. The minimum Gasteiger partial charge on any atom is -0.497 e. The van der Waals surface area contributed by atoms with Crippen LogP contribution in [0, 0.1) is 13.8 Å². The number of anilines is 1. The zero-order chi connectivity index (χ0) is 14.5. The summed E-state index contributed by atoms with van der Waals surface area (Å²) in [6.07, 6.45) is 0. The quantitative estimate of drug-likeness (QED) is 0.467. The second kappa shape index (κ2) is 7.87. The van der Waals surface area contributed by atoms with Crippen molar-refractivity contribution in [1.82, 2.24) is 4.98 Å². The lowest BCUT2D eigenvalue weighted by molar-refractivity contribution is 0.415. The largest absolute Gasteiger partial charge is 0.497 e. The van der Waals surface area contributed by atoms with E-state index in [1.54, 1.807) is 7.11 Å². The number of oxazole rings is 1. The molecule has 0 unspecified atom stereocenters. The van der Waals surface area contributed by atoms with E-state index in [2.05, 4.69) is 15.3 Å². The molecule has 0 saturated heterocycles. The fourth-order valence-corrected chi connectivity index (χ4v) is 1.62. The highest BCUT2D eigenvalue weighted by Gasteiger charge is 2.04. The molecule has 7 heteroatoms. The minimum atomic E-state index is 0. The van der Waals surface area contributed by atoms with Crippen LogP contribution in [0.2, 0.25) is 0 Å². The Morgan fingerprint density at radius 2 is 2.00 bits per heavy atom. The van der Waals surface area contributed by atoms with Gasteiger partial charge in [-0.2, -0.15) is 0 Å². The summed E-state index contributed by atoms with van der Waals surface area (Å²) in [6.45, 7) is 4.07. The number of aryl methyl sites for hydroxylation is 2. The van der Waals surface area contributed by atoms with Gasteiger partial charge >= 0.3 is 0 Å². The Hall–Kier alpha value is -1.77. The van der Waals surface area contributed by atoms with E-state index in [1.165, 1.54) is 0 Å². The Bertz CT molecular complexity index is 588. The van der Waals surface area contributed by atoms with E-state index in [-0.39, 0.29) is 24.0 Å². The third-order valence-corrected chi connectivity index (χ3v) is 2.82. The van der Waals surface area contributed by atoms with Crippen molar-refractivity contribution in [2.75, 3.05) is 12.4 Å². The Kier molecular flexibility index (Phi) is 6.47. The van der Waals surface area contributed by atoms with Gasteiger partial charge < -0.3 is 20.2 Å². The summed E-state index contributed by atoms with van der Waals surface area (Å²) in [7, 11) is 1.62. The molecule has 0 spiro atoms. The number of ether oxygens (including phenoxy) is 1. The standard InChI is InChI=1S/C14H18N4O2.HI/c1-9-10(2)20-13(17-9)8-16-14(15)18-11-4-6-12(19-3)7-5-11;/h4-7H,8H2,1-3H3,(H3,15,16,18);1H. The van der Waals surface area contributed by atoms with Crippen molar-refractivity contribution >= 4 is 35.6 Å². The van der Waals surface area contributed by atoms with Gasteiger partial charge in [0.15, 0.2) is 5.96 Å². The van der Waals surface area contributed by atoms with E-state index in [9.17, 15) is 0 Å². The van der Waals surface area contributed by atoms with Crippen molar-refractivity contribution in [3.05, 3.63) is 41.6 Å². The van der Waals surface area contributed by atoms with Crippen molar-refractivity contribution in [3.63, 3.8) is 0 Å². The number of guanidine groups is 1. The van der Waals surface area contributed by atoms with E-state index < -0.39 is 0 Å². The van der Waals surface area contributed by atoms with Crippen LogP contribution in [0.1, 0.15) is 17.3 Å². The van der Waals surface area contributed by atoms with Gasteiger partial charge in [-0.25, -0.2) is 9.98 Å². The number of nitrogens with one attached hydrogen (secondary N) is 1. The normalized spacial score (nSPS) is 10.9. The van der Waals surface area contributed by atoms with Crippen molar-refractivity contribution in [2.45, 2.75) is 20.4 Å². The van der Waals surface area contributed by atoms with Crippen LogP contribution in [0.25, 0.3) is 0 Å². The molecule has 0 amide bonds. The Morgan fingerprint density at radius 3 is 2.52 bits per heavy atom. The van der Waals surface area contributed by atoms with E-state index in [4.69, 9.17) is 14.9 Å². The molecule has 0 aliphatic carbocycles. The first kappa shape index (κ1) is 17.3. The Labute approximate surface area is 140 Å². The molecule has 3 N–H and O–H groups in total. The number of rotatable bonds is 4. The predicted octanol–water partition coefficient (Wildman–Crippen LogP) is 2.84. The molecular weight excluding hydrogens is 383 g/mol. The average Bonchev–Trinajstić information content (AvgIpc) is 2.76. The fraction of sp³-hybridized carbons (Fsp3) is 0.286. The van der Waals surface area contributed by atoms with Crippen molar-refractivity contribution in [1.29, 1.82) is 0 Å². The molecule has 2 aromatic rings. The molecule has 0 fully saturated rings. The fourth-order valence-electron chi connectivity index (χ4n) is 1.62. The zero-order valence-corrected chi connectivity index (χ0v) is 14.5. The van der Waals surface area contributed by atoms with E-state index in [0.717, 1.165) is 22.9 Å². The second-order valence-electron chi connectivity index (χ2n) is 4.30. The lowest BCUT2D eigenvalue weighted by atomic mass is 10.3. The highest BCUT2D eigenvalue weighted by Crippen LogP contribution is 2.14. The number of aromatic nitrogens is 1. The van der Waals surface area contributed by atoms with Gasteiger partial charge in [-0.15, -0.1) is 24.0 Å². The molecule has 6 nitrogen and oxygen atoms in total. The molecule has 2 rings (SSSR count). The molecule has 1 heterocycles. The number of hydrogen-bond acceptors (Lipinski definition) is 4. The van der Waals surface area contributed by atoms with E-state index in [1.807, 2.05) is 38.1 Å². The second-order valence-corrected chi connectivity index (χ2v) is 4.30. The number of halogens is 1. The Balaban J connectivity index is 0.00000220. The zero-order valence-electron chi connectivity index (χ0n) is 12.2. The number of methoxy groups -OCH3 is 1. The molecule has 0 atom stereocenters. The van der Waals surface area contributed by atoms with Gasteiger partial charge in [0.05, 0.1) is 12.8 Å². The lowest BCUT2D eigenvalue weighted by Gasteiger charge is -2.06. The van der Waals surface area contributed by atoms with Gasteiger partial charge in [0.1, 0.15) is 18.1 Å². The molecular formula is C14H19IN4O2. The smallest absolute Gasteiger partial charge is 0.216 e. The number of aliphatic imine (C=N–C) groups is 1. The summed E-state index contributed by atoms with van der Waals surface area (Å²) in [4.78, 5) is 8.42. The summed E-state index contributed by atoms with van der Waals surface area (Å²) in [5, 5.41) is 2.99. The summed E-state index contributed by atoms with van der Waals surface area (Å²) in [5.74, 6) is 2.46. The molecule has 0 radical (unpaired) electrons. The van der Waals surface area contributed by atoms with Gasteiger partial charge in [-0.1, -0.05) is 0 Å². The van der Waals surface area contributed by atoms with Gasteiger partial charge in [0.25, 0.3) is 0 Å². The third-order valence-electron chi connectivity index (χ3n) is 2.82. The molecule has 0 aliphatic heterocycles. The summed E-state index contributed by atoms with van der Waals surface area (Å²) in [6, 6.07) is 7.41. The molecule has 21 heavy (non-hydrogen) atoms. The number of hydrogen-bond donors (Lipinski definition) is 2. The van der Waals surface area contributed by atoms with E-state index in [0.29, 0.717) is 18.4 Å². The highest BCUT2D eigenvalue weighted by molar-refractivity contribution is 14.0.